The molecule has 2 aromatic rings. The Hall–Kier alpha value is -2.65. The Labute approximate surface area is 183 Å². The lowest BCUT2D eigenvalue weighted by Gasteiger charge is -2.34. The standard InChI is InChI=1S/C22H29FN4O3S/c1-17(27(31(3,29)30)21-7-5-4-6-20(21)23)22(28)24-16-18-8-10-19(11-9-18)26-14-12-25(2)13-15-26/h4-11,17H,12-16H2,1-3H3,(H,24,28)/t17-/m1/s1. The number of halogens is 1. The minimum atomic E-state index is -3.87. The number of sulfonamides is 1. The second-order valence-corrected chi connectivity index (χ2v) is 9.72. The Morgan fingerprint density at radius 3 is 2.29 bits per heavy atom. The molecule has 31 heavy (non-hydrogen) atoms. The Morgan fingerprint density at radius 1 is 1.10 bits per heavy atom. The Bertz CT molecular complexity index is 1010. The number of para-hydroxylation sites is 1. The molecule has 1 amide bonds. The van der Waals surface area contributed by atoms with E-state index in [0.717, 1.165) is 48.0 Å². The van der Waals surface area contributed by atoms with Gasteiger partial charge in [-0.15, -0.1) is 0 Å². The van der Waals surface area contributed by atoms with Crippen LogP contribution in [0.2, 0.25) is 0 Å². The first kappa shape index (κ1) is 23.0. The zero-order chi connectivity index (χ0) is 22.6. The molecule has 0 saturated carbocycles. The summed E-state index contributed by atoms with van der Waals surface area (Å²) in [5.74, 6) is -1.20. The van der Waals surface area contributed by atoms with Gasteiger partial charge >= 0.3 is 0 Å². The van der Waals surface area contributed by atoms with Gasteiger partial charge in [-0.25, -0.2) is 12.8 Å². The van der Waals surface area contributed by atoms with Crippen molar-refractivity contribution in [3.8, 4) is 0 Å². The molecule has 1 heterocycles. The van der Waals surface area contributed by atoms with Crippen LogP contribution in [0.5, 0.6) is 0 Å². The van der Waals surface area contributed by atoms with Crippen molar-refractivity contribution in [1.82, 2.24) is 10.2 Å². The van der Waals surface area contributed by atoms with Crippen LogP contribution in [0.3, 0.4) is 0 Å². The topological polar surface area (TPSA) is 73.0 Å². The molecule has 168 valence electrons. The number of benzene rings is 2. The highest BCUT2D eigenvalue weighted by molar-refractivity contribution is 7.92. The van der Waals surface area contributed by atoms with E-state index in [1.807, 2.05) is 24.3 Å². The van der Waals surface area contributed by atoms with Gasteiger partial charge in [0.1, 0.15) is 11.9 Å². The lowest BCUT2D eigenvalue weighted by Crippen LogP contribution is -2.48. The predicted molar refractivity (Wildman–Crippen MR) is 121 cm³/mol. The van der Waals surface area contributed by atoms with E-state index in [0.29, 0.717) is 0 Å². The van der Waals surface area contributed by atoms with Gasteiger partial charge in [-0.1, -0.05) is 24.3 Å². The summed E-state index contributed by atoms with van der Waals surface area (Å²) in [6.45, 7) is 5.69. The molecule has 0 bridgehead atoms. The third-order valence-corrected chi connectivity index (χ3v) is 6.68. The highest BCUT2D eigenvalue weighted by atomic mass is 32.2. The normalized spacial score (nSPS) is 16.1. The Kier molecular flexibility index (Phi) is 7.17. The van der Waals surface area contributed by atoms with Gasteiger partial charge in [0.25, 0.3) is 0 Å². The third-order valence-electron chi connectivity index (χ3n) is 5.45. The van der Waals surface area contributed by atoms with Gasteiger partial charge in [-0.3, -0.25) is 9.10 Å². The highest BCUT2D eigenvalue weighted by Crippen LogP contribution is 2.24. The molecule has 0 unspecified atom stereocenters. The second-order valence-electron chi connectivity index (χ2n) is 7.86. The molecule has 0 radical (unpaired) electrons. The van der Waals surface area contributed by atoms with Crippen LogP contribution < -0.4 is 14.5 Å². The fraction of sp³-hybridized carbons (Fsp3) is 0.409. The van der Waals surface area contributed by atoms with Crippen LogP contribution >= 0.6 is 0 Å². The lowest BCUT2D eigenvalue weighted by molar-refractivity contribution is -0.122. The molecule has 1 aliphatic heterocycles. The molecule has 1 aliphatic rings. The number of carbonyl (C=O) groups is 1. The van der Waals surface area contributed by atoms with Crippen molar-refractivity contribution in [2.75, 3.05) is 48.7 Å². The van der Waals surface area contributed by atoms with Crippen molar-refractivity contribution < 1.29 is 17.6 Å². The summed E-state index contributed by atoms with van der Waals surface area (Å²) in [7, 11) is -1.75. The molecular formula is C22H29FN4O3S. The summed E-state index contributed by atoms with van der Waals surface area (Å²) < 4.78 is 39.6. The van der Waals surface area contributed by atoms with E-state index < -0.39 is 27.8 Å². The van der Waals surface area contributed by atoms with Crippen molar-refractivity contribution in [3.63, 3.8) is 0 Å². The number of amides is 1. The van der Waals surface area contributed by atoms with Crippen LogP contribution in [0.25, 0.3) is 0 Å². The summed E-state index contributed by atoms with van der Waals surface area (Å²) >= 11 is 0. The van der Waals surface area contributed by atoms with Gasteiger partial charge in [-0.05, 0) is 43.8 Å². The van der Waals surface area contributed by atoms with Crippen molar-refractivity contribution >= 4 is 27.3 Å². The van der Waals surface area contributed by atoms with Crippen LogP contribution in [0.1, 0.15) is 12.5 Å². The van der Waals surface area contributed by atoms with Gasteiger partial charge < -0.3 is 15.1 Å². The molecule has 2 aromatic carbocycles. The maximum Gasteiger partial charge on any atom is 0.243 e. The maximum absolute atomic E-state index is 14.2. The molecule has 1 N–H and O–H groups in total. The van der Waals surface area contributed by atoms with E-state index in [2.05, 4.69) is 22.2 Å². The van der Waals surface area contributed by atoms with Gasteiger partial charge in [0, 0.05) is 38.4 Å². The van der Waals surface area contributed by atoms with Crippen LogP contribution in [0, 0.1) is 5.82 Å². The average molecular weight is 449 g/mol. The number of likely N-dealkylation sites (N-methyl/N-ethyl adjacent to an activating group) is 1. The van der Waals surface area contributed by atoms with Crippen molar-refractivity contribution in [2.45, 2.75) is 19.5 Å². The molecule has 0 spiro atoms. The van der Waals surface area contributed by atoms with E-state index in [1.165, 1.54) is 31.2 Å². The molecule has 9 heteroatoms. The van der Waals surface area contributed by atoms with Gasteiger partial charge in [0.15, 0.2) is 0 Å². The Morgan fingerprint density at radius 2 is 1.71 bits per heavy atom. The molecule has 3 rings (SSSR count). The molecule has 1 saturated heterocycles. The highest BCUT2D eigenvalue weighted by Gasteiger charge is 2.30. The quantitative estimate of drug-likeness (QED) is 0.702. The maximum atomic E-state index is 14.2. The molecule has 1 fully saturated rings. The number of nitrogens with one attached hydrogen (secondary N) is 1. The van der Waals surface area contributed by atoms with E-state index >= 15 is 0 Å². The zero-order valence-corrected chi connectivity index (χ0v) is 18.9. The summed E-state index contributed by atoms with van der Waals surface area (Å²) in [5.41, 5.74) is 1.89. The minimum absolute atomic E-state index is 0.149. The molecule has 0 aromatic heterocycles. The van der Waals surface area contributed by atoms with Gasteiger partial charge in [-0.2, -0.15) is 0 Å². The molecule has 1 atom stereocenters. The SMILES string of the molecule is C[C@H](C(=O)NCc1ccc(N2CCN(C)CC2)cc1)N(c1ccccc1F)S(C)(=O)=O. The molecule has 7 nitrogen and oxygen atoms in total. The minimum Gasteiger partial charge on any atom is -0.369 e. The number of piperazine rings is 1. The van der Waals surface area contributed by atoms with Gasteiger partial charge in [0.2, 0.25) is 15.9 Å². The number of hydrogen-bond acceptors (Lipinski definition) is 5. The Balaban J connectivity index is 1.64. The molecular weight excluding hydrogens is 419 g/mol. The van der Waals surface area contributed by atoms with Crippen LogP contribution in [-0.2, 0) is 21.4 Å². The van der Waals surface area contributed by atoms with E-state index in [-0.39, 0.29) is 12.2 Å². The summed E-state index contributed by atoms with van der Waals surface area (Å²) in [6, 6.07) is 12.4. The number of hydrogen-bond donors (Lipinski definition) is 1. The fourth-order valence-corrected chi connectivity index (χ4v) is 4.81. The van der Waals surface area contributed by atoms with Crippen molar-refractivity contribution in [1.29, 1.82) is 0 Å². The summed E-state index contributed by atoms with van der Waals surface area (Å²) in [5, 5.41) is 2.76. The first-order chi connectivity index (χ1) is 14.7. The summed E-state index contributed by atoms with van der Waals surface area (Å²) in [4.78, 5) is 17.3. The predicted octanol–water partition coefficient (Wildman–Crippen LogP) is 2.05. The first-order valence-corrected chi connectivity index (χ1v) is 12.1. The van der Waals surface area contributed by atoms with Crippen LogP contribution in [0.15, 0.2) is 48.5 Å². The van der Waals surface area contributed by atoms with E-state index in [1.54, 1.807) is 0 Å². The monoisotopic (exact) mass is 448 g/mol. The first-order valence-electron chi connectivity index (χ1n) is 10.2. The number of nitrogens with zero attached hydrogens (tertiary/aromatic N) is 3. The third kappa shape index (κ3) is 5.74. The zero-order valence-electron chi connectivity index (χ0n) is 18.1. The number of anilines is 2. The lowest BCUT2D eigenvalue weighted by atomic mass is 10.1. The van der Waals surface area contributed by atoms with Gasteiger partial charge in [0.05, 0.1) is 11.9 Å². The fourth-order valence-electron chi connectivity index (χ4n) is 3.64. The largest absolute Gasteiger partial charge is 0.369 e. The van der Waals surface area contributed by atoms with Crippen LogP contribution in [-0.4, -0.2) is 64.7 Å². The number of rotatable bonds is 7. The van der Waals surface area contributed by atoms with E-state index in [4.69, 9.17) is 0 Å². The molecule has 0 aliphatic carbocycles. The van der Waals surface area contributed by atoms with Crippen molar-refractivity contribution in [2.24, 2.45) is 0 Å². The average Bonchev–Trinajstić information content (AvgIpc) is 2.73. The van der Waals surface area contributed by atoms with Crippen molar-refractivity contribution in [3.05, 3.63) is 59.9 Å². The summed E-state index contributed by atoms with van der Waals surface area (Å²) in [6.07, 6.45) is 0.959. The number of carbonyl (C=O) groups excluding carboxylic acids is 1. The second kappa shape index (κ2) is 9.65. The smallest absolute Gasteiger partial charge is 0.243 e. The van der Waals surface area contributed by atoms with E-state index in [9.17, 15) is 17.6 Å². The van der Waals surface area contributed by atoms with Crippen LogP contribution in [0.4, 0.5) is 15.8 Å².